The molecule has 0 saturated heterocycles. The number of furan rings is 1. The molecular weight excluding hydrogens is 198 g/mol. The van der Waals surface area contributed by atoms with Crippen LogP contribution in [0.5, 0.6) is 0 Å². The monoisotopic (exact) mass is 209 g/mol. The molecule has 0 aliphatic heterocycles. The minimum Gasteiger partial charge on any atom is -0.460 e. The van der Waals surface area contributed by atoms with Crippen LogP contribution in [0.25, 0.3) is 0 Å². The summed E-state index contributed by atoms with van der Waals surface area (Å²) in [6, 6.07) is 3.48. The SMILES string of the molecule is C/C(=N\NC(=O)C(N)=O)c1ccc(C)o1. The number of nitrogens with zero attached hydrogens (tertiary/aromatic N) is 1. The molecule has 0 saturated carbocycles. The number of amides is 2. The smallest absolute Gasteiger partial charge is 0.329 e. The van der Waals surface area contributed by atoms with Crippen LogP contribution in [0.3, 0.4) is 0 Å². The summed E-state index contributed by atoms with van der Waals surface area (Å²) in [5.41, 5.74) is 7.18. The first kappa shape index (κ1) is 11.0. The van der Waals surface area contributed by atoms with Gasteiger partial charge in [0.1, 0.15) is 17.2 Å². The van der Waals surface area contributed by atoms with Crippen molar-refractivity contribution in [1.29, 1.82) is 0 Å². The maximum absolute atomic E-state index is 10.8. The number of rotatable bonds is 2. The van der Waals surface area contributed by atoms with Crippen molar-refractivity contribution in [3.8, 4) is 0 Å². The van der Waals surface area contributed by atoms with Gasteiger partial charge in [-0.15, -0.1) is 0 Å². The Hall–Kier alpha value is -2.11. The van der Waals surface area contributed by atoms with E-state index in [0.29, 0.717) is 11.5 Å². The summed E-state index contributed by atoms with van der Waals surface area (Å²) in [6.07, 6.45) is 0. The van der Waals surface area contributed by atoms with Crippen LogP contribution in [0.2, 0.25) is 0 Å². The molecule has 6 heteroatoms. The van der Waals surface area contributed by atoms with Crippen LogP contribution in [0.1, 0.15) is 18.4 Å². The van der Waals surface area contributed by atoms with Gasteiger partial charge in [0.05, 0.1) is 0 Å². The molecule has 0 atom stereocenters. The molecule has 0 radical (unpaired) electrons. The minimum atomic E-state index is -1.08. The number of primary amides is 1. The highest BCUT2D eigenvalue weighted by Crippen LogP contribution is 2.06. The number of hydrazone groups is 1. The Morgan fingerprint density at radius 1 is 1.47 bits per heavy atom. The van der Waals surface area contributed by atoms with Gasteiger partial charge >= 0.3 is 11.8 Å². The molecule has 2 amide bonds. The van der Waals surface area contributed by atoms with Crippen LogP contribution in [0.15, 0.2) is 21.7 Å². The Kier molecular flexibility index (Phi) is 3.22. The van der Waals surface area contributed by atoms with Crippen molar-refractivity contribution in [3.63, 3.8) is 0 Å². The molecule has 0 spiro atoms. The van der Waals surface area contributed by atoms with Gasteiger partial charge in [-0.2, -0.15) is 5.10 Å². The van der Waals surface area contributed by atoms with E-state index in [2.05, 4.69) is 5.10 Å². The van der Waals surface area contributed by atoms with E-state index in [0.717, 1.165) is 5.76 Å². The molecule has 0 unspecified atom stereocenters. The molecule has 1 aromatic rings. The number of carbonyl (C=O) groups excluding carboxylic acids is 2. The van der Waals surface area contributed by atoms with Crippen LogP contribution < -0.4 is 11.2 Å². The number of hydrogen-bond acceptors (Lipinski definition) is 4. The molecule has 1 aromatic heterocycles. The third-order valence-corrected chi connectivity index (χ3v) is 1.65. The van der Waals surface area contributed by atoms with Gasteiger partial charge in [0, 0.05) is 0 Å². The molecule has 0 aliphatic rings. The number of aryl methyl sites for hydroxylation is 1. The van der Waals surface area contributed by atoms with Gasteiger partial charge in [0.25, 0.3) is 0 Å². The van der Waals surface area contributed by atoms with Gasteiger partial charge in [0.2, 0.25) is 0 Å². The fourth-order valence-corrected chi connectivity index (χ4v) is 0.874. The normalized spacial score (nSPS) is 11.2. The highest BCUT2D eigenvalue weighted by molar-refractivity contribution is 6.34. The minimum absolute atomic E-state index is 0.456. The van der Waals surface area contributed by atoms with Crippen molar-refractivity contribution < 1.29 is 14.0 Å². The summed E-state index contributed by atoms with van der Waals surface area (Å²) in [5, 5.41) is 3.65. The summed E-state index contributed by atoms with van der Waals surface area (Å²) < 4.78 is 5.24. The third-order valence-electron chi connectivity index (χ3n) is 1.65. The van der Waals surface area contributed by atoms with Crippen molar-refractivity contribution in [3.05, 3.63) is 23.7 Å². The molecule has 0 aliphatic carbocycles. The Morgan fingerprint density at radius 3 is 2.60 bits per heavy atom. The Morgan fingerprint density at radius 2 is 2.13 bits per heavy atom. The van der Waals surface area contributed by atoms with E-state index in [1.807, 2.05) is 5.43 Å². The molecule has 0 bridgehead atoms. The van der Waals surface area contributed by atoms with Gasteiger partial charge in [-0.3, -0.25) is 9.59 Å². The summed E-state index contributed by atoms with van der Waals surface area (Å²) in [7, 11) is 0. The van der Waals surface area contributed by atoms with Gasteiger partial charge in [-0.05, 0) is 26.0 Å². The van der Waals surface area contributed by atoms with E-state index in [-0.39, 0.29) is 0 Å². The van der Waals surface area contributed by atoms with Crippen LogP contribution in [0.4, 0.5) is 0 Å². The average molecular weight is 209 g/mol. The topological polar surface area (TPSA) is 97.7 Å². The zero-order valence-corrected chi connectivity index (χ0v) is 8.40. The maximum Gasteiger partial charge on any atom is 0.329 e. The summed E-state index contributed by atoms with van der Waals surface area (Å²) in [5.74, 6) is -0.780. The first-order valence-electron chi connectivity index (χ1n) is 4.21. The molecule has 3 N–H and O–H groups in total. The zero-order valence-electron chi connectivity index (χ0n) is 8.40. The Balaban J connectivity index is 2.69. The zero-order chi connectivity index (χ0) is 11.4. The van der Waals surface area contributed by atoms with Gasteiger partial charge < -0.3 is 10.2 Å². The Bertz CT molecular complexity index is 420. The van der Waals surface area contributed by atoms with E-state index in [9.17, 15) is 9.59 Å². The third kappa shape index (κ3) is 2.94. The van der Waals surface area contributed by atoms with Crippen LogP contribution in [0, 0.1) is 6.92 Å². The molecule has 1 rings (SSSR count). The predicted octanol–water partition coefficient (Wildman–Crippen LogP) is -0.0865. The average Bonchev–Trinajstić information content (AvgIpc) is 2.60. The second-order valence-electron chi connectivity index (χ2n) is 2.91. The lowest BCUT2D eigenvalue weighted by Gasteiger charge is -1.97. The standard InChI is InChI=1S/C9H11N3O3/c1-5-3-4-7(15-5)6(2)11-12-9(14)8(10)13/h3-4H,1-2H3,(H2,10,13)(H,12,14)/b11-6+. The van der Waals surface area contributed by atoms with Crippen LogP contribution in [-0.4, -0.2) is 17.5 Å². The van der Waals surface area contributed by atoms with E-state index < -0.39 is 11.8 Å². The lowest BCUT2D eigenvalue weighted by atomic mass is 10.3. The second-order valence-corrected chi connectivity index (χ2v) is 2.91. The number of nitrogens with one attached hydrogen (secondary N) is 1. The number of hydrogen-bond donors (Lipinski definition) is 2. The quantitative estimate of drug-likeness (QED) is 0.404. The second kappa shape index (κ2) is 4.41. The molecular formula is C9H11N3O3. The molecule has 1 heterocycles. The van der Waals surface area contributed by atoms with Crippen molar-refractivity contribution in [2.45, 2.75) is 13.8 Å². The van der Waals surface area contributed by atoms with E-state index in [1.165, 1.54) is 0 Å². The lowest BCUT2D eigenvalue weighted by Crippen LogP contribution is -2.33. The van der Waals surface area contributed by atoms with Gasteiger partial charge in [-0.25, -0.2) is 5.43 Å². The lowest BCUT2D eigenvalue weighted by molar-refractivity contribution is -0.137. The number of nitrogens with two attached hydrogens (primary N) is 1. The predicted molar refractivity (Wildman–Crippen MR) is 53.0 cm³/mol. The van der Waals surface area contributed by atoms with Crippen molar-refractivity contribution in [2.24, 2.45) is 10.8 Å². The van der Waals surface area contributed by atoms with Gasteiger partial charge in [0.15, 0.2) is 0 Å². The molecule has 6 nitrogen and oxygen atoms in total. The van der Waals surface area contributed by atoms with E-state index in [4.69, 9.17) is 10.2 Å². The van der Waals surface area contributed by atoms with Crippen LogP contribution in [-0.2, 0) is 9.59 Å². The fourth-order valence-electron chi connectivity index (χ4n) is 0.874. The first-order valence-corrected chi connectivity index (χ1v) is 4.21. The number of carbonyl (C=O) groups is 2. The summed E-state index contributed by atoms with van der Waals surface area (Å²) >= 11 is 0. The summed E-state index contributed by atoms with van der Waals surface area (Å²) in [4.78, 5) is 21.1. The van der Waals surface area contributed by atoms with Gasteiger partial charge in [-0.1, -0.05) is 0 Å². The van der Waals surface area contributed by atoms with Crippen molar-refractivity contribution in [1.82, 2.24) is 5.43 Å². The molecule has 0 fully saturated rings. The molecule has 0 aromatic carbocycles. The maximum atomic E-state index is 10.8. The fraction of sp³-hybridized carbons (Fsp3) is 0.222. The summed E-state index contributed by atoms with van der Waals surface area (Å²) in [6.45, 7) is 3.43. The highest BCUT2D eigenvalue weighted by Gasteiger charge is 2.08. The largest absolute Gasteiger partial charge is 0.460 e. The van der Waals surface area contributed by atoms with E-state index in [1.54, 1.807) is 26.0 Å². The first-order chi connectivity index (χ1) is 7.00. The van der Waals surface area contributed by atoms with Crippen LogP contribution >= 0.6 is 0 Å². The van der Waals surface area contributed by atoms with Crippen molar-refractivity contribution >= 4 is 17.5 Å². The highest BCUT2D eigenvalue weighted by atomic mass is 16.3. The molecule has 80 valence electrons. The Labute approximate surface area is 86.1 Å². The van der Waals surface area contributed by atoms with E-state index >= 15 is 0 Å². The molecule has 15 heavy (non-hydrogen) atoms. The van der Waals surface area contributed by atoms with Crippen molar-refractivity contribution in [2.75, 3.05) is 0 Å².